The normalized spacial score (nSPS) is 17.3. The van der Waals surface area contributed by atoms with Gasteiger partial charge in [-0.3, -0.25) is 0 Å². The minimum Gasteiger partial charge on any atom is -0.390 e. The Labute approximate surface area is 98.6 Å². The highest BCUT2D eigenvalue weighted by Crippen LogP contribution is 2.54. The van der Waals surface area contributed by atoms with Crippen molar-refractivity contribution in [3.63, 3.8) is 0 Å². The predicted octanol–water partition coefficient (Wildman–Crippen LogP) is 2.72. The maximum absolute atomic E-state index is 9.05. The maximum Gasteiger partial charge on any atom is 0.103 e. The highest BCUT2D eigenvalue weighted by Gasteiger charge is 2.48. The van der Waals surface area contributed by atoms with Gasteiger partial charge in [-0.25, -0.2) is 4.98 Å². The Morgan fingerprint density at radius 1 is 1.25 bits per heavy atom. The van der Waals surface area contributed by atoms with E-state index in [0.717, 1.165) is 10.7 Å². The molecule has 3 rings (SSSR count). The molecule has 1 fully saturated rings. The van der Waals surface area contributed by atoms with Crippen LogP contribution < -0.4 is 0 Å². The Morgan fingerprint density at radius 2 is 2.00 bits per heavy atom. The summed E-state index contributed by atoms with van der Waals surface area (Å²) in [5.41, 5.74) is 2.30. The molecule has 0 bridgehead atoms. The lowest BCUT2D eigenvalue weighted by molar-refractivity contribution is 0.277. The van der Waals surface area contributed by atoms with Crippen molar-refractivity contribution in [3.8, 4) is 0 Å². The molecule has 1 aromatic heterocycles. The van der Waals surface area contributed by atoms with Gasteiger partial charge in [0.1, 0.15) is 5.01 Å². The summed E-state index contributed by atoms with van der Waals surface area (Å²) in [6, 6.07) is 10.5. The minimum absolute atomic E-state index is 0.0430. The summed E-state index contributed by atoms with van der Waals surface area (Å²) in [6.07, 6.45) is 2.35. The molecule has 1 aliphatic carbocycles. The second-order valence-electron chi connectivity index (χ2n) is 4.25. The van der Waals surface area contributed by atoms with Crippen molar-refractivity contribution in [2.75, 3.05) is 0 Å². The molecule has 1 aliphatic rings. The molecule has 0 aliphatic heterocycles. The first-order valence-electron chi connectivity index (χ1n) is 5.46. The van der Waals surface area contributed by atoms with Gasteiger partial charge in [0.2, 0.25) is 0 Å². The van der Waals surface area contributed by atoms with Crippen LogP contribution in [0.15, 0.2) is 35.7 Å². The zero-order valence-corrected chi connectivity index (χ0v) is 9.70. The van der Waals surface area contributed by atoms with Crippen LogP contribution >= 0.6 is 11.3 Å². The van der Waals surface area contributed by atoms with E-state index in [1.54, 1.807) is 11.3 Å². The molecule has 0 unspecified atom stereocenters. The van der Waals surface area contributed by atoms with Crippen LogP contribution in [0.5, 0.6) is 0 Å². The molecule has 0 atom stereocenters. The van der Waals surface area contributed by atoms with Gasteiger partial charge in [0.25, 0.3) is 0 Å². The van der Waals surface area contributed by atoms with Crippen molar-refractivity contribution in [3.05, 3.63) is 52.0 Å². The zero-order valence-electron chi connectivity index (χ0n) is 8.89. The molecule has 82 valence electrons. The predicted molar refractivity (Wildman–Crippen MR) is 64.5 cm³/mol. The van der Waals surface area contributed by atoms with Crippen molar-refractivity contribution in [1.29, 1.82) is 0 Å². The number of aliphatic hydroxyl groups excluding tert-OH is 1. The number of benzene rings is 1. The van der Waals surface area contributed by atoms with Gasteiger partial charge < -0.3 is 5.11 Å². The monoisotopic (exact) mass is 231 g/mol. The third-order valence-electron chi connectivity index (χ3n) is 3.20. The third-order valence-corrected chi connectivity index (χ3v) is 4.29. The van der Waals surface area contributed by atoms with E-state index >= 15 is 0 Å². The highest BCUT2D eigenvalue weighted by atomic mass is 32.1. The fourth-order valence-corrected chi connectivity index (χ4v) is 3.20. The number of aromatic nitrogens is 1. The lowest BCUT2D eigenvalue weighted by atomic mass is 9.97. The number of aliphatic hydroxyl groups is 1. The molecule has 1 saturated carbocycles. The van der Waals surface area contributed by atoms with Gasteiger partial charge in [0, 0.05) is 10.8 Å². The Hall–Kier alpha value is -1.19. The summed E-state index contributed by atoms with van der Waals surface area (Å²) in [5.74, 6) is 0. The van der Waals surface area contributed by atoms with Crippen LogP contribution in [0.3, 0.4) is 0 Å². The standard InChI is InChI=1S/C13H13NOS/c15-8-11-9-16-12(14-11)13(6-7-13)10-4-2-1-3-5-10/h1-5,9,15H,6-8H2. The van der Waals surface area contributed by atoms with E-state index in [0.29, 0.717) is 0 Å². The largest absolute Gasteiger partial charge is 0.390 e. The van der Waals surface area contributed by atoms with E-state index in [9.17, 15) is 0 Å². The smallest absolute Gasteiger partial charge is 0.103 e. The van der Waals surface area contributed by atoms with Crippen LogP contribution in [0.2, 0.25) is 0 Å². The number of hydrogen-bond acceptors (Lipinski definition) is 3. The summed E-state index contributed by atoms with van der Waals surface area (Å²) < 4.78 is 0. The molecule has 1 N–H and O–H groups in total. The molecule has 1 aromatic carbocycles. The van der Waals surface area contributed by atoms with Crippen molar-refractivity contribution in [1.82, 2.24) is 4.98 Å². The first-order valence-corrected chi connectivity index (χ1v) is 6.34. The number of hydrogen-bond donors (Lipinski definition) is 1. The van der Waals surface area contributed by atoms with Gasteiger partial charge in [0.15, 0.2) is 0 Å². The number of rotatable bonds is 3. The molecule has 0 amide bonds. The summed E-state index contributed by atoms with van der Waals surface area (Å²) in [7, 11) is 0. The van der Waals surface area contributed by atoms with Gasteiger partial charge in [0.05, 0.1) is 12.3 Å². The lowest BCUT2D eigenvalue weighted by Gasteiger charge is -2.11. The first-order chi connectivity index (χ1) is 7.85. The molecule has 0 spiro atoms. The molecule has 0 saturated heterocycles. The lowest BCUT2D eigenvalue weighted by Crippen LogP contribution is -2.08. The average molecular weight is 231 g/mol. The van der Waals surface area contributed by atoms with E-state index in [1.807, 2.05) is 11.4 Å². The SMILES string of the molecule is OCc1csc(C2(c3ccccc3)CC2)n1. The maximum atomic E-state index is 9.05. The Bertz CT molecular complexity index is 488. The van der Waals surface area contributed by atoms with E-state index in [2.05, 4.69) is 29.2 Å². The first kappa shape index (κ1) is 10.00. The van der Waals surface area contributed by atoms with Gasteiger partial charge >= 0.3 is 0 Å². The van der Waals surface area contributed by atoms with Crippen LogP contribution in [0.1, 0.15) is 29.1 Å². The summed E-state index contributed by atoms with van der Waals surface area (Å²) in [6.45, 7) is 0.0430. The number of thiazole rings is 1. The van der Waals surface area contributed by atoms with Crippen LogP contribution in [-0.2, 0) is 12.0 Å². The Morgan fingerprint density at radius 3 is 2.56 bits per heavy atom. The Balaban J connectivity index is 2.00. The topological polar surface area (TPSA) is 33.1 Å². The fraction of sp³-hybridized carbons (Fsp3) is 0.308. The van der Waals surface area contributed by atoms with Crippen molar-refractivity contribution in [2.24, 2.45) is 0 Å². The van der Waals surface area contributed by atoms with Crippen LogP contribution in [0, 0.1) is 0 Å². The van der Waals surface area contributed by atoms with Crippen LogP contribution in [0.25, 0.3) is 0 Å². The van der Waals surface area contributed by atoms with Crippen molar-refractivity contribution >= 4 is 11.3 Å². The molecule has 2 aromatic rings. The Kier molecular flexibility index (Phi) is 2.30. The van der Waals surface area contributed by atoms with Crippen LogP contribution in [0.4, 0.5) is 0 Å². The van der Waals surface area contributed by atoms with E-state index in [4.69, 9.17) is 5.11 Å². The van der Waals surface area contributed by atoms with Gasteiger partial charge in [-0.1, -0.05) is 30.3 Å². The number of nitrogens with zero attached hydrogens (tertiary/aromatic N) is 1. The van der Waals surface area contributed by atoms with E-state index in [-0.39, 0.29) is 12.0 Å². The van der Waals surface area contributed by atoms with Gasteiger partial charge in [-0.2, -0.15) is 0 Å². The summed E-state index contributed by atoms with van der Waals surface area (Å²) >= 11 is 1.67. The van der Waals surface area contributed by atoms with Crippen molar-refractivity contribution in [2.45, 2.75) is 24.9 Å². The van der Waals surface area contributed by atoms with Gasteiger partial charge in [-0.15, -0.1) is 11.3 Å². The molecule has 0 radical (unpaired) electrons. The second-order valence-corrected chi connectivity index (χ2v) is 5.11. The molecule has 1 heterocycles. The van der Waals surface area contributed by atoms with Crippen molar-refractivity contribution < 1.29 is 5.11 Å². The van der Waals surface area contributed by atoms with E-state index < -0.39 is 0 Å². The molecule has 3 heteroatoms. The summed E-state index contributed by atoms with van der Waals surface area (Å²) in [5, 5.41) is 12.2. The quantitative estimate of drug-likeness (QED) is 0.881. The molecular weight excluding hydrogens is 218 g/mol. The molecular formula is C13H13NOS. The van der Waals surface area contributed by atoms with E-state index in [1.165, 1.54) is 18.4 Å². The van der Waals surface area contributed by atoms with Crippen LogP contribution in [-0.4, -0.2) is 10.1 Å². The fourth-order valence-electron chi connectivity index (χ4n) is 2.11. The molecule has 16 heavy (non-hydrogen) atoms. The zero-order chi connectivity index (χ0) is 11.0. The third kappa shape index (κ3) is 1.47. The van der Waals surface area contributed by atoms with Gasteiger partial charge in [-0.05, 0) is 18.4 Å². The summed E-state index contributed by atoms with van der Waals surface area (Å²) in [4.78, 5) is 4.51. The highest BCUT2D eigenvalue weighted by molar-refractivity contribution is 7.09. The second kappa shape index (κ2) is 3.68. The molecule has 2 nitrogen and oxygen atoms in total. The minimum atomic E-state index is 0.0430. The average Bonchev–Trinajstić information content (AvgIpc) is 3.02.